The number of carbonyl (C=O) groups is 1. The summed E-state index contributed by atoms with van der Waals surface area (Å²) in [5.41, 5.74) is 1.98. The zero-order valence-corrected chi connectivity index (χ0v) is 13.9. The lowest BCUT2D eigenvalue weighted by molar-refractivity contribution is -0.121. The standard InChI is InChI=1S/C18H18ClN3O2/c19-14-5-7-15(8-6-14)24-12-10-20-18(23)9-11-22-13-21-16-3-1-2-4-17(16)22/h1-8,13H,9-12H2,(H,20,23). The summed E-state index contributed by atoms with van der Waals surface area (Å²) < 4.78 is 7.52. The van der Waals surface area contributed by atoms with Gasteiger partial charge in [0.15, 0.2) is 0 Å². The number of ether oxygens (including phenoxy) is 1. The van der Waals surface area contributed by atoms with Crippen LogP contribution in [0.4, 0.5) is 0 Å². The summed E-state index contributed by atoms with van der Waals surface area (Å²) >= 11 is 5.81. The number of nitrogens with zero attached hydrogens (tertiary/aromatic N) is 2. The van der Waals surface area contributed by atoms with E-state index in [0.29, 0.717) is 31.1 Å². The zero-order chi connectivity index (χ0) is 16.8. The fourth-order valence-electron chi connectivity index (χ4n) is 2.39. The molecule has 24 heavy (non-hydrogen) atoms. The van der Waals surface area contributed by atoms with E-state index in [0.717, 1.165) is 16.8 Å². The smallest absolute Gasteiger partial charge is 0.221 e. The number of nitrogens with one attached hydrogen (secondary N) is 1. The summed E-state index contributed by atoms with van der Waals surface area (Å²) in [7, 11) is 0. The topological polar surface area (TPSA) is 56.2 Å². The van der Waals surface area contributed by atoms with E-state index in [2.05, 4.69) is 10.3 Å². The second-order valence-electron chi connectivity index (χ2n) is 5.33. The SMILES string of the molecule is O=C(CCn1cnc2ccccc21)NCCOc1ccc(Cl)cc1. The molecule has 1 aromatic heterocycles. The molecule has 1 heterocycles. The van der Waals surface area contributed by atoms with Gasteiger partial charge in [0.1, 0.15) is 12.4 Å². The van der Waals surface area contributed by atoms with Gasteiger partial charge in [-0.2, -0.15) is 0 Å². The van der Waals surface area contributed by atoms with E-state index < -0.39 is 0 Å². The molecule has 0 unspecified atom stereocenters. The Bertz CT molecular complexity index is 815. The van der Waals surface area contributed by atoms with Crippen molar-refractivity contribution < 1.29 is 9.53 Å². The summed E-state index contributed by atoms with van der Waals surface area (Å²) in [5, 5.41) is 3.52. The normalized spacial score (nSPS) is 10.7. The molecule has 1 amide bonds. The Morgan fingerprint density at radius 2 is 1.96 bits per heavy atom. The predicted molar refractivity (Wildman–Crippen MR) is 94.3 cm³/mol. The van der Waals surface area contributed by atoms with Crippen LogP contribution in [0.2, 0.25) is 5.02 Å². The van der Waals surface area contributed by atoms with E-state index in [1.807, 2.05) is 28.8 Å². The van der Waals surface area contributed by atoms with Crippen molar-refractivity contribution in [2.75, 3.05) is 13.2 Å². The van der Waals surface area contributed by atoms with E-state index in [-0.39, 0.29) is 5.91 Å². The van der Waals surface area contributed by atoms with Crippen LogP contribution in [0.15, 0.2) is 54.9 Å². The number of aromatic nitrogens is 2. The average Bonchev–Trinajstić information content (AvgIpc) is 3.02. The van der Waals surface area contributed by atoms with Gasteiger partial charge in [0.2, 0.25) is 5.91 Å². The van der Waals surface area contributed by atoms with Crippen molar-refractivity contribution in [1.29, 1.82) is 0 Å². The number of amides is 1. The Morgan fingerprint density at radius 3 is 2.79 bits per heavy atom. The van der Waals surface area contributed by atoms with Crippen LogP contribution in [0.3, 0.4) is 0 Å². The Kier molecular flexibility index (Phi) is 5.33. The molecule has 0 aliphatic rings. The number of rotatable bonds is 7. The van der Waals surface area contributed by atoms with Crippen molar-refractivity contribution in [3.63, 3.8) is 0 Å². The number of hydrogen-bond donors (Lipinski definition) is 1. The Labute approximate surface area is 145 Å². The summed E-state index contributed by atoms with van der Waals surface area (Å²) in [6, 6.07) is 15.0. The molecule has 0 aliphatic heterocycles. The summed E-state index contributed by atoms with van der Waals surface area (Å²) in [6.45, 7) is 1.48. The van der Waals surface area contributed by atoms with Gasteiger partial charge < -0.3 is 14.6 Å². The number of hydrogen-bond acceptors (Lipinski definition) is 3. The van der Waals surface area contributed by atoms with Gasteiger partial charge in [0.05, 0.1) is 23.9 Å². The fourth-order valence-corrected chi connectivity index (χ4v) is 2.52. The Hall–Kier alpha value is -2.53. The van der Waals surface area contributed by atoms with Crippen LogP contribution in [-0.2, 0) is 11.3 Å². The maximum absolute atomic E-state index is 11.9. The Morgan fingerprint density at radius 1 is 1.17 bits per heavy atom. The Balaban J connectivity index is 1.39. The summed E-state index contributed by atoms with van der Waals surface area (Å²) in [6.07, 6.45) is 2.17. The van der Waals surface area contributed by atoms with Crippen molar-refractivity contribution in [3.05, 3.63) is 59.9 Å². The minimum Gasteiger partial charge on any atom is -0.492 e. The lowest BCUT2D eigenvalue weighted by Gasteiger charge is -2.08. The molecule has 0 radical (unpaired) electrons. The van der Waals surface area contributed by atoms with E-state index >= 15 is 0 Å². The van der Waals surface area contributed by atoms with Gasteiger partial charge in [-0.25, -0.2) is 4.98 Å². The van der Waals surface area contributed by atoms with Gasteiger partial charge in [0.25, 0.3) is 0 Å². The molecule has 0 spiro atoms. The highest BCUT2D eigenvalue weighted by Gasteiger charge is 2.05. The van der Waals surface area contributed by atoms with Gasteiger partial charge in [-0.1, -0.05) is 23.7 Å². The highest BCUT2D eigenvalue weighted by Crippen LogP contribution is 2.15. The molecule has 2 aromatic carbocycles. The molecule has 0 atom stereocenters. The molecule has 0 aliphatic carbocycles. The maximum atomic E-state index is 11.9. The van der Waals surface area contributed by atoms with Crippen LogP contribution in [0.5, 0.6) is 5.75 Å². The summed E-state index contributed by atoms with van der Waals surface area (Å²) in [4.78, 5) is 16.2. The molecule has 3 aromatic rings. The second kappa shape index (κ2) is 7.84. The van der Waals surface area contributed by atoms with Crippen LogP contribution in [0.1, 0.15) is 6.42 Å². The third-order valence-electron chi connectivity index (χ3n) is 3.61. The lowest BCUT2D eigenvalue weighted by atomic mass is 10.3. The first-order valence-electron chi connectivity index (χ1n) is 7.77. The monoisotopic (exact) mass is 343 g/mol. The highest BCUT2D eigenvalue weighted by atomic mass is 35.5. The fraction of sp³-hybridized carbons (Fsp3) is 0.222. The molecule has 5 nitrogen and oxygen atoms in total. The number of carbonyl (C=O) groups excluding carboxylic acids is 1. The van der Waals surface area contributed by atoms with Crippen LogP contribution in [0.25, 0.3) is 11.0 Å². The molecule has 6 heteroatoms. The van der Waals surface area contributed by atoms with Gasteiger partial charge in [-0.3, -0.25) is 4.79 Å². The molecule has 0 fully saturated rings. The van der Waals surface area contributed by atoms with Gasteiger partial charge in [0, 0.05) is 18.0 Å². The minimum atomic E-state index is -0.00696. The maximum Gasteiger partial charge on any atom is 0.221 e. The first-order valence-corrected chi connectivity index (χ1v) is 8.15. The van der Waals surface area contributed by atoms with Crippen molar-refractivity contribution in [3.8, 4) is 5.75 Å². The molecule has 1 N–H and O–H groups in total. The third-order valence-corrected chi connectivity index (χ3v) is 3.87. The van der Waals surface area contributed by atoms with Crippen LogP contribution in [-0.4, -0.2) is 28.6 Å². The molecular weight excluding hydrogens is 326 g/mol. The number of imidazole rings is 1. The van der Waals surface area contributed by atoms with Crippen molar-refractivity contribution >= 4 is 28.5 Å². The van der Waals surface area contributed by atoms with E-state index in [9.17, 15) is 4.79 Å². The summed E-state index contributed by atoms with van der Waals surface area (Å²) in [5.74, 6) is 0.728. The van der Waals surface area contributed by atoms with Gasteiger partial charge in [-0.05, 0) is 36.4 Å². The van der Waals surface area contributed by atoms with Gasteiger partial charge in [-0.15, -0.1) is 0 Å². The first-order chi connectivity index (χ1) is 11.7. The quantitative estimate of drug-likeness (QED) is 0.670. The molecule has 0 bridgehead atoms. The van der Waals surface area contributed by atoms with E-state index in [4.69, 9.17) is 16.3 Å². The number of fused-ring (bicyclic) bond motifs is 1. The van der Waals surface area contributed by atoms with E-state index in [1.54, 1.807) is 30.6 Å². The minimum absolute atomic E-state index is 0.00696. The zero-order valence-electron chi connectivity index (χ0n) is 13.1. The number of benzene rings is 2. The van der Waals surface area contributed by atoms with Crippen molar-refractivity contribution in [2.24, 2.45) is 0 Å². The second-order valence-corrected chi connectivity index (χ2v) is 5.77. The number of halogens is 1. The van der Waals surface area contributed by atoms with Crippen LogP contribution in [0, 0.1) is 0 Å². The lowest BCUT2D eigenvalue weighted by Crippen LogP contribution is -2.28. The molecule has 0 saturated heterocycles. The largest absolute Gasteiger partial charge is 0.492 e. The average molecular weight is 344 g/mol. The van der Waals surface area contributed by atoms with Crippen molar-refractivity contribution in [2.45, 2.75) is 13.0 Å². The van der Waals surface area contributed by atoms with Crippen molar-refractivity contribution in [1.82, 2.24) is 14.9 Å². The highest BCUT2D eigenvalue weighted by molar-refractivity contribution is 6.30. The predicted octanol–water partition coefficient (Wildman–Crippen LogP) is 3.28. The van der Waals surface area contributed by atoms with Crippen LogP contribution >= 0.6 is 11.6 Å². The first kappa shape index (κ1) is 16.3. The molecule has 0 saturated carbocycles. The van der Waals surface area contributed by atoms with Crippen LogP contribution < -0.4 is 10.1 Å². The molecule has 124 valence electrons. The molecule has 3 rings (SSSR count). The van der Waals surface area contributed by atoms with Gasteiger partial charge >= 0.3 is 0 Å². The molecular formula is C18H18ClN3O2. The van der Waals surface area contributed by atoms with E-state index in [1.165, 1.54) is 0 Å². The third kappa shape index (κ3) is 4.26. The number of para-hydroxylation sites is 2. The number of aryl methyl sites for hydroxylation is 1.